The molecule has 0 bridgehead atoms. The Morgan fingerprint density at radius 3 is 1.70 bits per heavy atom. The van der Waals surface area contributed by atoms with E-state index in [0.717, 1.165) is 25.3 Å². The molecule has 0 saturated carbocycles. The molecule has 0 saturated heterocycles. The van der Waals surface area contributed by atoms with Gasteiger partial charge >= 0.3 is 0 Å². The molecular weight excluding hydrogens is 466 g/mol. The van der Waals surface area contributed by atoms with E-state index in [1.54, 1.807) is 16.7 Å². The van der Waals surface area contributed by atoms with E-state index in [1.807, 2.05) is 0 Å². The van der Waals surface area contributed by atoms with Crippen molar-refractivity contribution in [2.45, 2.75) is 103 Å². The van der Waals surface area contributed by atoms with Gasteiger partial charge in [0.15, 0.2) is 5.75 Å². The summed E-state index contributed by atoms with van der Waals surface area (Å²) in [5.74, 6) is -0.881. The molecule has 1 aromatic heterocycles. The van der Waals surface area contributed by atoms with Crippen LogP contribution in [0.25, 0.3) is 22.2 Å². The zero-order valence-electron chi connectivity index (χ0n) is 22.2. The fourth-order valence-corrected chi connectivity index (χ4v) is 5.13. The molecule has 6 nitrogen and oxygen atoms in total. The largest absolute Gasteiger partial charge is 0.508 e. The molecule has 3 aromatic rings. The monoisotopic (exact) mass is 509 g/mol. The summed E-state index contributed by atoms with van der Waals surface area (Å²) in [6.45, 7) is 2.77. The second kappa shape index (κ2) is 14.6. The predicted molar refractivity (Wildman–Crippen MR) is 151 cm³/mol. The zero-order valence-corrected chi connectivity index (χ0v) is 22.2. The predicted octanol–water partition coefficient (Wildman–Crippen LogP) is 7.97. The highest BCUT2D eigenvalue weighted by Gasteiger charge is 2.21. The van der Waals surface area contributed by atoms with Crippen LogP contribution in [-0.2, 0) is 6.54 Å². The smallest absolute Gasteiger partial charge is 0.235 e. The Morgan fingerprint density at radius 1 is 0.649 bits per heavy atom. The number of pyridine rings is 1. The van der Waals surface area contributed by atoms with Gasteiger partial charge in [-0.05, 0) is 30.7 Å². The molecule has 0 amide bonds. The molecule has 0 aliphatic rings. The van der Waals surface area contributed by atoms with Crippen molar-refractivity contribution in [3.05, 3.63) is 46.6 Å². The fraction of sp³-hybridized carbons (Fsp3) is 0.516. The molecule has 3 rings (SSSR count). The number of phenolic OH excluding ortho intramolecular Hbond substituents is 3. The third-order valence-electron chi connectivity index (χ3n) is 7.18. The maximum absolute atomic E-state index is 12.9. The highest BCUT2D eigenvalue weighted by molar-refractivity contribution is 5.91. The fourth-order valence-electron chi connectivity index (χ4n) is 5.13. The number of benzene rings is 2. The number of nitrogens with zero attached hydrogens (tertiary/aromatic N) is 1. The highest BCUT2D eigenvalue weighted by atomic mass is 16.3. The van der Waals surface area contributed by atoms with Crippen molar-refractivity contribution < 1.29 is 20.4 Å². The highest BCUT2D eigenvalue weighted by Crippen LogP contribution is 2.36. The third kappa shape index (κ3) is 7.91. The topological polar surface area (TPSA) is 103 Å². The van der Waals surface area contributed by atoms with Gasteiger partial charge in [0.05, 0.1) is 16.6 Å². The van der Waals surface area contributed by atoms with Crippen LogP contribution in [0.3, 0.4) is 0 Å². The Morgan fingerprint density at radius 2 is 1.16 bits per heavy atom. The van der Waals surface area contributed by atoms with Crippen molar-refractivity contribution in [2.75, 3.05) is 0 Å². The first-order chi connectivity index (χ1) is 17.9. The van der Waals surface area contributed by atoms with Crippen molar-refractivity contribution in [3.8, 4) is 34.3 Å². The summed E-state index contributed by atoms with van der Waals surface area (Å²) in [5.41, 5.74) is 0.575. The van der Waals surface area contributed by atoms with E-state index in [4.69, 9.17) is 0 Å². The van der Waals surface area contributed by atoms with E-state index in [-0.39, 0.29) is 22.6 Å². The summed E-state index contributed by atoms with van der Waals surface area (Å²) in [4.78, 5) is 12.9. The van der Waals surface area contributed by atoms with Gasteiger partial charge < -0.3 is 25.0 Å². The summed E-state index contributed by atoms with van der Waals surface area (Å²) < 4.78 is 1.79. The molecule has 6 heteroatoms. The Balaban J connectivity index is 1.58. The molecule has 0 fully saturated rings. The second-order valence-corrected chi connectivity index (χ2v) is 10.2. The molecule has 0 aliphatic heterocycles. The lowest BCUT2D eigenvalue weighted by atomic mass is 10.0. The van der Waals surface area contributed by atoms with Gasteiger partial charge in [0, 0.05) is 24.2 Å². The second-order valence-electron chi connectivity index (χ2n) is 10.2. The average Bonchev–Trinajstić information content (AvgIpc) is 2.87. The van der Waals surface area contributed by atoms with Crippen LogP contribution in [0.4, 0.5) is 0 Å². The molecular formula is C31H43NO5. The molecule has 202 valence electrons. The van der Waals surface area contributed by atoms with Crippen LogP contribution in [0, 0.1) is 0 Å². The van der Waals surface area contributed by atoms with Crippen LogP contribution >= 0.6 is 0 Å². The first kappa shape index (κ1) is 28.4. The molecule has 0 atom stereocenters. The van der Waals surface area contributed by atoms with Crippen molar-refractivity contribution in [2.24, 2.45) is 0 Å². The Hall–Kier alpha value is -3.15. The van der Waals surface area contributed by atoms with E-state index < -0.39 is 11.2 Å². The number of aromatic nitrogens is 1. The van der Waals surface area contributed by atoms with Crippen LogP contribution in [0.5, 0.6) is 23.0 Å². The van der Waals surface area contributed by atoms with Gasteiger partial charge in [-0.2, -0.15) is 0 Å². The van der Waals surface area contributed by atoms with Gasteiger partial charge in [-0.25, -0.2) is 0 Å². The molecule has 0 spiro atoms. The summed E-state index contributed by atoms with van der Waals surface area (Å²) in [6.07, 6.45) is 17.5. The maximum Gasteiger partial charge on any atom is 0.235 e. The van der Waals surface area contributed by atoms with Crippen LogP contribution in [-0.4, -0.2) is 25.0 Å². The van der Waals surface area contributed by atoms with Crippen molar-refractivity contribution in [1.29, 1.82) is 0 Å². The van der Waals surface area contributed by atoms with Gasteiger partial charge in [-0.3, -0.25) is 4.79 Å². The number of phenols is 3. The minimum Gasteiger partial charge on any atom is -0.508 e. The normalized spacial score (nSPS) is 11.4. The zero-order chi connectivity index (χ0) is 26.6. The molecule has 0 aliphatic carbocycles. The van der Waals surface area contributed by atoms with Crippen molar-refractivity contribution in [1.82, 2.24) is 4.57 Å². The Bertz CT molecular complexity index is 1180. The van der Waals surface area contributed by atoms with Gasteiger partial charge in [0.2, 0.25) is 5.43 Å². The van der Waals surface area contributed by atoms with Crippen molar-refractivity contribution in [3.63, 3.8) is 0 Å². The van der Waals surface area contributed by atoms with Crippen LogP contribution in [0.1, 0.15) is 96.8 Å². The average molecular weight is 510 g/mol. The Kier molecular flexibility index (Phi) is 11.2. The minimum atomic E-state index is -0.687. The van der Waals surface area contributed by atoms with Gasteiger partial charge in [-0.1, -0.05) is 90.4 Å². The van der Waals surface area contributed by atoms with Crippen LogP contribution in [0.2, 0.25) is 0 Å². The summed E-state index contributed by atoms with van der Waals surface area (Å²) in [6, 6.07) is 8.84. The molecule has 4 N–H and O–H groups in total. The Labute approximate surface area is 220 Å². The van der Waals surface area contributed by atoms with E-state index in [0.29, 0.717) is 23.3 Å². The third-order valence-corrected chi connectivity index (χ3v) is 7.18. The van der Waals surface area contributed by atoms with Gasteiger partial charge in [-0.15, -0.1) is 0 Å². The summed E-state index contributed by atoms with van der Waals surface area (Å²) in [5, 5.41) is 41.0. The molecule has 37 heavy (non-hydrogen) atoms. The van der Waals surface area contributed by atoms with E-state index in [1.165, 1.54) is 88.8 Å². The number of rotatable bonds is 16. The van der Waals surface area contributed by atoms with Crippen LogP contribution in [0.15, 0.2) is 41.2 Å². The number of unbranched alkanes of at least 4 members (excludes halogenated alkanes) is 13. The summed E-state index contributed by atoms with van der Waals surface area (Å²) >= 11 is 0. The molecule has 0 radical (unpaired) electrons. The number of hydrogen-bond acceptors (Lipinski definition) is 5. The quantitative estimate of drug-likeness (QED) is 0.147. The lowest BCUT2D eigenvalue weighted by Gasteiger charge is -2.19. The SMILES string of the molecule is CCCCCCCCCCCCCCCCn1c(-c2ccc(O)cc2)c(O)c(=O)c2c(O)cc(O)cc21. The van der Waals surface area contributed by atoms with E-state index >= 15 is 0 Å². The first-order valence-electron chi connectivity index (χ1n) is 14.0. The van der Waals surface area contributed by atoms with E-state index in [9.17, 15) is 25.2 Å². The number of hydrogen-bond donors (Lipinski definition) is 4. The van der Waals surface area contributed by atoms with Crippen LogP contribution < -0.4 is 5.43 Å². The number of aryl methyl sites for hydroxylation is 1. The lowest BCUT2D eigenvalue weighted by Crippen LogP contribution is -2.13. The molecule has 1 heterocycles. The molecule has 0 unspecified atom stereocenters. The van der Waals surface area contributed by atoms with Crippen molar-refractivity contribution >= 4 is 10.9 Å². The number of aromatic hydroxyl groups is 4. The van der Waals surface area contributed by atoms with Gasteiger partial charge in [0.1, 0.15) is 17.2 Å². The standard InChI is InChI=1S/C31H43NO5/c1-2-3-4-5-6-7-8-9-10-11-12-13-14-15-20-32-26-21-25(34)22-27(35)28(26)30(36)31(37)29(32)23-16-18-24(33)19-17-23/h16-19,21-22,33-35,37H,2-15,20H2,1H3. The van der Waals surface area contributed by atoms with E-state index in [2.05, 4.69) is 6.92 Å². The maximum atomic E-state index is 12.9. The first-order valence-corrected chi connectivity index (χ1v) is 14.0. The van der Waals surface area contributed by atoms with Gasteiger partial charge in [0.25, 0.3) is 0 Å². The molecule has 2 aromatic carbocycles. The lowest BCUT2D eigenvalue weighted by molar-refractivity contribution is 0.449. The minimum absolute atomic E-state index is 0.0109. The number of fused-ring (bicyclic) bond motifs is 1. The summed E-state index contributed by atoms with van der Waals surface area (Å²) in [7, 11) is 0.